The van der Waals surface area contributed by atoms with Crippen LogP contribution >= 0.6 is 31.9 Å². The van der Waals surface area contributed by atoms with Crippen molar-refractivity contribution in [1.29, 1.82) is 0 Å². The molecular formula is C7H7Br2N. The van der Waals surface area contributed by atoms with Gasteiger partial charge < -0.3 is 5.73 Å². The highest BCUT2D eigenvalue weighted by atomic mass is 79.9. The third-order valence-corrected chi connectivity index (χ3v) is 2.35. The molecule has 0 atom stereocenters. The van der Waals surface area contributed by atoms with Gasteiger partial charge in [0, 0.05) is 15.5 Å². The van der Waals surface area contributed by atoms with Crippen molar-refractivity contribution in [3.05, 3.63) is 28.2 Å². The lowest BCUT2D eigenvalue weighted by atomic mass is 10.2. The van der Waals surface area contributed by atoms with E-state index in [4.69, 9.17) is 5.73 Å². The zero-order chi connectivity index (χ0) is 7.56. The van der Waals surface area contributed by atoms with E-state index in [1.807, 2.05) is 18.2 Å². The maximum absolute atomic E-state index is 5.67. The van der Waals surface area contributed by atoms with Crippen molar-refractivity contribution in [2.75, 3.05) is 5.73 Å². The maximum Gasteiger partial charge on any atom is 0.0366 e. The first kappa shape index (κ1) is 8.08. The molecule has 0 saturated heterocycles. The van der Waals surface area contributed by atoms with Crippen LogP contribution in [0.5, 0.6) is 0 Å². The Morgan fingerprint density at radius 2 is 2.10 bits per heavy atom. The summed E-state index contributed by atoms with van der Waals surface area (Å²) in [5, 5.41) is 0.812. The van der Waals surface area contributed by atoms with Crippen LogP contribution in [0, 0.1) is 0 Å². The van der Waals surface area contributed by atoms with Crippen LogP contribution in [-0.2, 0) is 5.33 Å². The summed E-state index contributed by atoms with van der Waals surface area (Å²) in [6, 6.07) is 5.87. The molecule has 0 spiro atoms. The number of hydrogen-bond donors (Lipinski definition) is 1. The molecule has 0 aliphatic carbocycles. The molecule has 0 aliphatic rings. The number of nitrogens with two attached hydrogens (primary N) is 1. The van der Waals surface area contributed by atoms with E-state index in [0.29, 0.717) is 0 Å². The first-order chi connectivity index (χ1) is 4.74. The Kier molecular flexibility index (Phi) is 2.74. The van der Waals surface area contributed by atoms with Crippen LogP contribution in [0.4, 0.5) is 5.69 Å². The Bertz CT molecular complexity index is 235. The third kappa shape index (κ3) is 1.73. The summed E-state index contributed by atoms with van der Waals surface area (Å²) in [4.78, 5) is 0. The van der Waals surface area contributed by atoms with Crippen molar-refractivity contribution >= 4 is 37.5 Å². The number of nitrogen functional groups attached to an aromatic ring is 1. The van der Waals surface area contributed by atoms with Crippen molar-refractivity contribution in [2.24, 2.45) is 0 Å². The van der Waals surface area contributed by atoms with E-state index in [2.05, 4.69) is 31.9 Å². The molecule has 1 aromatic rings. The minimum Gasteiger partial charge on any atom is -0.398 e. The van der Waals surface area contributed by atoms with Gasteiger partial charge in [-0.2, -0.15) is 0 Å². The van der Waals surface area contributed by atoms with Gasteiger partial charge in [0.25, 0.3) is 0 Å². The van der Waals surface area contributed by atoms with Crippen molar-refractivity contribution in [3.8, 4) is 0 Å². The van der Waals surface area contributed by atoms with Crippen LogP contribution in [0.25, 0.3) is 0 Å². The summed E-state index contributed by atoms with van der Waals surface area (Å²) in [6.07, 6.45) is 0. The molecule has 0 saturated carbocycles. The molecule has 1 aromatic carbocycles. The fourth-order valence-electron chi connectivity index (χ4n) is 0.687. The topological polar surface area (TPSA) is 26.0 Å². The van der Waals surface area contributed by atoms with Gasteiger partial charge in [0.05, 0.1) is 0 Å². The summed E-state index contributed by atoms with van der Waals surface area (Å²) in [6.45, 7) is 0. The zero-order valence-electron chi connectivity index (χ0n) is 5.27. The maximum atomic E-state index is 5.67. The molecule has 0 heterocycles. The van der Waals surface area contributed by atoms with Gasteiger partial charge in [0.2, 0.25) is 0 Å². The molecule has 0 radical (unpaired) electrons. The number of rotatable bonds is 1. The smallest absolute Gasteiger partial charge is 0.0366 e. The summed E-state index contributed by atoms with van der Waals surface area (Å²) in [7, 11) is 0. The fraction of sp³-hybridized carbons (Fsp3) is 0.143. The average Bonchev–Trinajstić information content (AvgIpc) is 1.88. The van der Waals surface area contributed by atoms with Crippen LogP contribution in [0.1, 0.15) is 5.56 Å². The van der Waals surface area contributed by atoms with Gasteiger partial charge in [-0.25, -0.2) is 0 Å². The predicted molar refractivity (Wildman–Crippen MR) is 51.2 cm³/mol. The Hall–Kier alpha value is -0.0200. The second kappa shape index (κ2) is 3.39. The van der Waals surface area contributed by atoms with Gasteiger partial charge in [-0.05, 0) is 17.7 Å². The first-order valence-electron chi connectivity index (χ1n) is 2.84. The van der Waals surface area contributed by atoms with E-state index in [9.17, 15) is 0 Å². The van der Waals surface area contributed by atoms with Crippen molar-refractivity contribution in [3.63, 3.8) is 0 Å². The standard InChI is InChI=1S/C7H7Br2N/c8-4-5-1-2-6(9)3-7(5)10/h1-3H,4,10H2. The molecule has 3 heteroatoms. The second-order valence-corrected chi connectivity index (χ2v) is 3.45. The molecule has 0 amide bonds. The summed E-state index contributed by atoms with van der Waals surface area (Å²) in [5.74, 6) is 0. The van der Waals surface area contributed by atoms with Gasteiger partial charge in [-0.3, -0.25) is 0 Å². The lowest BCUT2D eigenvalue weighted by Gasteiger charge is -2.00. The van der Waals surface area contributed by atoms with Gasteiger partial charge >= 0.3 is 0 Å². The van der Waals surface area contributed by atoms with E-state index in [0.717, 1.165) is 21.1 Å². The molecule has 1 nitrogen and oxygen atoms in total. The first-order valence-corrected chi connectivity index (χ1v) is 4.75. The van der Waals surface area contributed by atoms with Crippen molar-refractivity contribution in [2.45, 2.75) is 5.33 Å². The second-order valence-electron chi connectivity index (χ2n) is 1.98. The molecule has 0 aromatic heterocycles. The van der Waals surface area contributed by atoms with E-state index < -0.39 is 0 Å². The molecule has 0 bridgehead atoms. The van der Waals surface area contributed by atoms with E-state index >= 15 is 0 Å². The minimum absolute atomic E-state index is 0.812. The predicted octanol–water partition coefficient (Wildman–Crippen LogP) is 2.93. The van der Waals surface area contributed by atoms with E-state index in [1.165, 1.54) is 0 Å². The van der Waals surface area contributed by atoms with Gasteiger partial charge in [-0.1, -0.05) is 37.9 Å². The number of alkyl halides is 1. The fourth-order valence-corrected chi connectivity index (χ4v) is 1.58. The average molecular weight is 265 g/mol. The highest BCUT2D eigenvalue weighted by Gasteiger charge is 1.95. The van der Waals surface area contributed by atoms with Gasteiger partial charge in [0.15, 0.2) is 0 Å². The lowest BCUT2D eigenvalue weighted by molar-refractivity contribution is 1.43. The molecule has 0 fully saturated rings. The Balaban J connectivity index is 3.07. The SMILES string of the molecule is Nc1cc(Br)ccc1CBr. The molecule has 54 valence electrons. The molecule has 1 rings (SSSR count). The van der Waals surface area contributed by atoms with Crippen LogP contribution in [0.3, 0.4) is 0 Å². The molecule has 2 N–H and O–H groups in total. The highest BCUT2D eigenvalue weighted by molar-refractivity contribution is 9.10. The summed E-state index contributed by atoms with van der Waals surface area (Å²) in [5.41, 5.74) is 7.63. The van der Waals surface area contributed by atoms with Crippen molar-refractivity contribution < 1.29 is 0 Å². The monoisotopic (exact) mass is 263 g/mol. The normalized spacial score (nSPS) is 9.80. The Morgan fingerprint density at radius 3 is 2.60 bits per heavy atom. The molecule has 10 heavy (non-hydrogen) atoms. The number of anilines is 1. The number of hydrogen-bond acceptors (Lipinski definition) is 1. The summed E-state index contributed by atoms with van der Waals surface area (Å²) >= 11 is 6.67. The number of benzene rings is 1. The van der Waals surface area contributed by atoms with Gasteiger partial charge in [0.1, 0.15) is 0 Å². The molecule has 0 unspecified atom stereocenters. The van der Waals surface area contributed by atoms with Gasteiger partial charge in [-0.15, -0.1) is 0 Å². The third-order valence-electron chi connectivity index (χ3n) is 1.25. The lowest BCUT2D eigenvalue weighted by Crippen LogP contribution is -1.90. The molecular weight excluding hydrogens is 258 g/mol. The number of halogens is 2. The van der Waals surface area contributed by atoms with E-state index in [1.54, 1.807) is 0 Å². The van der Waals surface area contributed by atoms with Crippen molar-refractivity contribution in [1.82, 2.24) is 0 Å². The largest absolute Gasteiger partial charge is 0.398 e. The Labute approximate surface area is 76.9 Å². The minimum atomic E-state index is 0.812. The Morgan fingerprint density at radius 1 is 1.40 bits per heavy atom. The van der Waals surface area contributed by atoms with Crippen LogP contribution in [0.2, 0.25) is 0 Å². The van der Waals surface area contributed by atoms with Crippen LogP contribution in [0.15, 0.2) is 22.7 Å². The zero-order valence-corrected chi connectivity index (χ0v) is 8.44. The van der Waals surface area contributed by atoms with Crippen LogP contribution < -0.4 is 5.73 Å². The summed E-state index contributed by atoms with van der Waals surface area (Å²) < 4.78 is 1.02. The quantitative estimate of drug-likeness (QED) is 0.613. The molecule has 0 aliphatic heterocycles. The van der Waals surface area contributed by atoms with E-state index in [-0.39, 0.29) is 0 Å². The highest BCUT2D eigenvalue weighted by Crippen LogP contribution is 2.20. The van der Waals surface area contributed by atoms with Crippen LogP contribution in [-0.4, -0.2) is 0 Å².